The maximum Gasteiger partial charge on any atom is 0.243 e. The van der Waals surface area contributed by atoms with Crippen LogP contribution in [0.1, 0.15) is 44.9 Å². The fourth-order valence-electron chi connectivity index (χ4n) is 3.72. The number of carbonyl (C=O) groups excluding carboxylic acids is 1. The Balaban J connectivity index is 1.58. The van der Waals surface area contributed by atoms with Crippen molar-refractivity contribution in [1.82, 2.24) is 9.62 Å². The molecule has 2 aliphatic heterocycles. The SMILES string of the molecule is O=C(CCC1CCNCC1)Nc1cccc(S(=O)(=O)N2CCCCC2)c1. The summed E-state index contributed by atoms with van der Waals surface area (Å²) in [6.45, 7) is 3.22. The first-order valence-electron chi connectivity index (χ1n) is 9.66. The zero-order valence-corrected chi connectivity index (χ0v) is 16.1. The first kappa shape index (κ1) is 19.3. The molecule has 2 heterocycles. The average Bonchev–Trinajstić information content (AvgIpc) is 2.68. The van der Waals surface area contributed by atoms with Crippen molar-refractivity contribution in [3.8, 4) is 0 Å². The van der Waals surface area contributed by atoms with Crippen molar-refractivity contribution in [2.24, 2.45) is 5.92 Å². The van der Waals surface area contributed by atoms with E-state index in [9.17, 15) is 13.2 Å². The standard InChI is InChI=1S/C19H29N3O3S/c23-19(8-7-16-9-11-20-12-10-16)21-17-5-4-6-18(15-17)26(24,25)22-13-2-1-3-14-22/h4-6,15-16,20H,1-3,7-14H2,(H,21,23). The number of amides is 1. The molecule has 7 heteroatoms. The van der Waals surface area contributed by atoms with E-state index < -0.39 is 10.0 Å². The summed E-state index contributed by atoms with van der Waals surface area (Å²) in [5, 5.41) is 6.19. The van der Waals surface area contributed by atoms with Crippen LogP contribution in [-0.2, 0) is 14.8 Å². The maximum absolute atomic E-state index is 12.8. The summed E-state index contributed by atoms with van der Waals surface area (Å²) in [5.41, 5.74) is 0.554. The van der Waals surface area contributed by atoms with Crippen LogP contribution in [-0.4, -0.2) is 44.8 Å². The molecule has 1 aromatic rings. The molecule has 26 heavy (non-hydrogen) atoms. The van der Waals surface area contributed by atoms with Crippen LogP contribution in [0, 0.1) is 5.92 Å². The Bertz CT molecular complexity index is 708. The third-order valence-corrected chi connectivity index (χ3v) is 7.20. The van der Waals surface area contributed by atoms with Crippen molar-refractivity contribution in [3.05, 3.63) is 24.3 Å². The molecule has 1 aromatic carbocycles. The molecule has 6 nitrogen and oxygen atoms in total. The Hall–Kier alpha value is -1.44. The van der Waals surface area contributed by atoms with Gasteiger partial charge in [-0.2, -0.15) is 4.31 Å². The second kappa shape index (κ2) is 8.97. The lowest BCUT2D eigenvalue weighted by Gasteiger charge is -2.26. The zero-order chi connectivity index (χ0) is 18.4. The number of hydrogen-bond acceptors (Lipinski definition) is 4. The number of nitrogens with one attached hydrogen (secondary N) is 2. The number of carbonyl (C=O) groups is 1. The van der Waals surface area contributed by atoms with Crippen LogP contribution in [0.2, 0.25) is 0 Å². The number of benzene rings is 1. The molecule has 2 N–H and O–H groups in total. The summed E-state index contributed by atoms with van der Waals surface area (Å²) < 4.78 is 27.1. The third-order valence-electron chi connectivity index (χ3n) is 5.31. The Morgan fingerprint density at radius 1 is 1.15 bits per heavy atom. The van der Waals surface area contributed by atoms with Crippen LogP contribution in [0.15, 0.2) is 29.2 Å². The van der Waals surface area contributed by atoms with Crippen molar-refractivity contribution in [2.45, 2.75) is 49.8 Å². The van der Waals surface area contributed by atoms with Gasteiger partial charge in [0.15, 0.2) is 0 Å². The zero-order valence-electron chi connectivity index (χ0n) is 15.2. The largest absolute Gasteiger partial charge is 0.326 e. The van der Waals surface area contributed by atoms with Crippen LogP contribution in [0.4, 0.5) is 5.69 Å². The normalized spacial score (nSPS) is 20.0. The number of sulfonamides is 1. The van der Waals surface area contributed by atoms with E-state index in [4.69, 9.17) is 0 Å². The second-order valence-corrected chi connectivity index (χ2v) is 9.21. The number of nitrogens with zero attached hydrogens (tertiary/aromatic N) is 1. The summed E-state index contributed by atoms with van der Waals surface area (Å²) in [4.78, 5) is 12.5. The molecule has 3 rings (SSSR count). The second-order valence-electron chi connectivity index (χ2n) is 7.27. The molecule has 0 bridgehead atoms. The highest BCUT2D eigenvalue weighted by molar-refractivity contribution is 7.89. The Labute approximate surface area is 156 Å². The molecule has 0 aliphatic carbocycles. The minimum absolute atomic E-state index is 0.0453. The van der Waals surface area contributed by atoms with Gasteiger partial charge in [-0.25, -0.2) is 8.42 Å². The molecule has 2 saturated heterocycles. The van der Waals surface area contributed by atoms with E-state index in [1.165, 1.54) is 0 Å². The van der Waals surface area contributed by atoms with E-state index in [1.54, 1.807) is 28.6 Å². The Morgan fingerprint density at radius 2 is 1.88 bits per heavy atom. The van der Waals surface area contributed by atoms with Crippen molar-refractivity contribution in [1.29, 1.82) is 0 Å². The van der Waals surface area contributed by atoms with Gasteiger partial charge in [0, 0.05) is 25.2 Å². The fourth-order valence-corrected chi connectivity index (χ4v) is 5.28. The molecule has 2 aliphatic rings. The molecule has 144 valence electrons. The van der Waals surface area contributed by atoms with E-state index in [0.29, 0.717) is 31.1 Å². The van der Waals surface area contributed by atoms with Crippen LogP contribution in [0.25, 0.3) is 0 Å². The van der Waals surface area contributed by atoms with E-state index in [0.717, 1.165) is 51.6 Å². The van der Waals surface area contributed by atoms with Crippen LogP contribution >= 0.6 is 0 Å². The molecule has 0 aromatic heterocycles. The number of piperidine rings is 2. The van der Waals surface area contributed by atoms with Gasteiger partial charge < -0.3 is 10.6 Å². The van der Waals surface area contributed by atoms with E-state index in [2.05, 4.69) is 10.6 Å². The Morgan fingerprint density at radius 3 is 2.62 bits per heavy atom. The van der Waals surface area contributed by atoms with Gasteiger partial charge in [-0.3, -0.25) is 4.79 Å². The average molecular weight is 380 g/mol. The molecule has 1 amide bonds. The summed E-state index contributed by atoms with van der Waals surface area (Å²) in [7, 11) is -3.47. The van der Waals surface area contributed by atoms with Gasteiger partial charge in [-0.1, -0.05) is 12.5 Å². The molecule has 0 unspecified atom stereocenters. The maximum atomic E-state index is 12.8. The summed E-state index contributed by atoms with van der Waals surface area (Å²) in [6, 6.07) is 6.62. The number of hydrogen-bond donors (Lipinski definition) is 2. The van der Waals surface area contributed by atoms with Gasteiger partial charge in [-0.05, 0) is 69.3 Å². The van der Waals surface area contributed by atoms with Crippen LogP contribution in [0.5, 0.6) is 0 Å². The van der Waals surface area contributed by atoms with Crippen molar-refractivity contribution < 1.29 is 13.2 Å². The first-order valence-corrected chi connectivity index (χ1v) is 11.1. The van der Waals surface area contributed by atoms with E-state index in [-0.39, 0.29) is 10.8 Å². The highest BCUT2D eigenvalue weighted by Gasteiger charge is 2.26. The summed E-state index contributed by atoms with van der Waals surface area (Å²) in [6.07, 6.45) is 6.51. The molecule has 0 atom stereocenters. The molecule has 0 radical (unpaired) electrons. The smallest absolute Gasteiger partial charge is 0.243 e. The summed E-state index contributed by atoms with van der Waals surface area (Å²) >= 11 is 0. The third kappa shape index (κ3) is 5.05. The molecule has 0 spiro atoms. The monoisotopic (exact) mass is 379 g/mol. The van der Waals surface area contributed by atoms with Gasteiger partial charge in [0.05, 0.1) is 4.90 Å². The topological polar surface area (TPSA) is 78.5 Å². The fraction of sp³-hybridized carbons (Fsp3) is 0.632. The van der Waals surface area contributed by atoms with Crippen LogP contribution < -0.4 is 10.6 Å². The lowest BCUT2D eigenvalue weighted by Crippen LogP contribution is -2.35. The lowest BCUT2D eigenvalue weighted by molar-refractivity contribution is -0.116. The van der Waals surface area contributed by atoms with Crippen LogP contribution in [0.3, 0.4) is 0 Å². The van der Waals surface area contributed by atoms with Gasteiger partial charge in [0.1, 0.15) is 0 Å². The molecular formula is C19H29N3O3S. The van der Waals surface area contributed by atoms with Crippen molar-refractivity contribution >= 4 is 21.6 Å². The minimum atomic E-state index is -3.47. The van der Waals surface area contributed by atoms with E-state index in [1.807, 2.05) is 0 Å². The van der Waals surface area contributed by atoms with Gasteiger partial charge in [-0.15, -0.1) is 0 Å². The van der Waals surface area contributed by atoms with Gasteiger partial charge >= 0.3 is 0 Å². The molecule has 2 fully saturated rings. The molecular weight excluding hydrogens is 350 g/mol. The highest BCUT2D eigenvalue weighted by atomic mass is 32.2. The van der Waals surface area contributed by atoms with Gasteiger partial charge in [0.2, 0.25) is 15.9 Å². The number of rotatable bonds is 6. The predicted octanol–water partition coefficient (Wildman–Crippen LogP) is 2.58. The Kier molecular flexibility index (Phi) is 6.67. The molecule has 0 saturated carbocycles. The highest BCUT2D eigenvalue weighted by Crippen LogP contribution is 2.23. The van der Waals surface area contributed by atoms with Crippen molar-refractivity contribution in [2.75, 3.05) is 31.5 Å². The lowest BCUT2D eigenvalue weighted by atomic mass is 9.93. The minimum Gasteiger partial charge on any atom is -0.326 e. The predicted molar refractivity (Wildman–Crippen MR) is 103 cm³/mol. The van der Waals surface area contributed by atoms with Crippen molar-refractivity contribution in [3.63, 3.8) is 0 Å². The first-order chi connectivity index (χ1) is 12.6. The summed E-state index contributed by atoms with van der Waals surface area (Å²) in [5.74, 6) is 0.559. The quantitative estimate of drug-likeness (QED) is 0.796. The van der Waals surface area contributed by atoms with E-state index >= 15 is 0 Å². The number of anilines is 1. The van der Waals surface area contributed by atoms with Gasteiger partial charge in [0.25, 0.3) is 0 Å².